The summed E-state index contributed by atoms with van der Waals surface area (Å²) in [6, 6.07) is 0. The van der Waals surface area contributed by atoms with Gasteiger partial charge < -0.3 is 10.4 Å². The lowest BCUT2D eigenvalue weighted by atomic mass is 10.1. The fourth-order valence-corrected chi connectivity index (χ4v) is 2.80. The molecule has 0 saturated heterocycles. The number of aliphatic carboxylic acids is 1. The molecular weight excluding hydrogens is 258 g/mol. The van der Waals surface area contributed by atoms with E-state index in [4.69, 9.17) is 5.11 Å². The summed E-state index contributed by atoms with van der Waals surface area (Å²) in [7, 11) is 1.87. The summed E-state index contributed by atoms with van der Waals surface area (Å²) in [5.41, 5.74) is 0.705. The monoisotopic (exact) mass is 279 g/mol. The number of aryl methyl sites for hydroxylation is 2. The van der Waals surface area contributed by atoms with E-state index in [9.17, 15) is 9.59 Å². The lowest BCUT2D eigenvalue weighted by molar-refractivity contribution is -0.140. The second kappa shape index (κ2) is 5.26. The molecule has 2 N–H and O–H groups in total. The van der Waals surface area contributed by atoms with Crippen LogP contribution in [0, 0.1) is 17.3 Å². The molecule has 20 heavy (non-hydrogen) atoms. The summed E-state index contributed by atoms with van der Waals surface area (Å²) >= 11 is 0. The molecule has 2 atom stereocenters. The lowest BCUT2D eigenvalue weighted by Gasteiger charge is -2.05. The molecular formula is C14H21N3O3. The average Bonchev–Trinajstić information content (AvgIpc) is 2.71. The molecule has 1 amide bonds. The molecule has 6 nitrogen and oxygen atoms in total. The van der Waals surface area contributed by atoms with Crippen LogP contribution in [0.2, 0.25) is 0 Å². The molecule has 1 fully saturated rings. The molecule has 110 valence electrons. The second-order valence-electron chi connectivity index (χ2n) is 6.03. The Morgan fingerprint density at radius 3 is 2.65 bits per heavy atom. The van der Waals surface area contributed by atoms with Crippen molar-refractivity contribution in [1.82, 2.24) is 15.1 Å². The Morgan fingerprint density at radius 2 is 2.15 bits per heavy atom. The van der Waals surface area contributed by atoms with E-state index in [1.807, 2.05) is 33.3 Å². The van der Waals surface area contributed by atoms with Crippen molar-refractivity contribution in [2.24, 2.45) is 24.3 Å². The van der Waals surface area contributed by atoms with Gasteiger partial charge in [0.25, 0.3) is 0 Å². The first kappa shape index (κ1) is 14.6. The SMILES string of the molecule is Cn1cc(CCCNC(=O)[C@@H]2[C@H](C(=O)O)C2(C)C)cn1. The number of nitrogens with zero attached hydrogens (tertiary/aromatic N) is 2. The molecule has 0 spiro atoms. The van der Waals surface area contributed by atoms with Gasteiger partial charge in [0, 0.05) is 19.8 Å². The second-order valence-corrected chi connectivity index (χ2v) is 6.03. The van der Waals surface area contributed by atoms with Crippen LogP contribution >= 0.6 is 0 Å². The highest BCUT2D eigenvalue weighted by molar-refractivity contribution is 5.91. The highest BCUT2D eigenvalue weighted by Gasteiger charge is 2.65. The number of carboxylic acids is 1. The maximum Gasteiger partial charge on any atom is 0.307 e. The number of rotatable bonds is 6. The minimum atomic E-state index is -0.884. The van der Waals surface area contributed by atoms with Gasteiger partial charge in [-0.2, -0.15) is 5.10 Å². The Labute approximate surface area is 118 Å². The van der Waals surface area contributed by atoms with Crippen molar-refractivity contribution >= 4 is 11.9 Å². The number of carboxylic acid groups (broad SMARTS) is 1. The first-order valence-corrected chi connectivity index (χ1v) is 6.82. The zero-order valence-corrected chi connectivity index (χ0v) is 12.1. The van der Waals surface area contributed by atoms with E-state index in [1.54, 1.807) is 4.68 Å². The number of nitrogens with one attached hydrogen (secondary N) is 1. The molecule has 0 unspecified atom stereocenters. The van der Waals surface area contributed by atoms with Crippen molar-refractivity contribution in [3.05, 3.63) is 18.0 Å². The van der Waals surface area contributed by atoms with E-state index < -0.39 is 23.2 Å². The standard InChI is InChI=1S/C14H21N3O3/c1-14(2)10(11(14)13(19)20)12(18)15-6-4-5-9-7-16-17(3)8-9/h7-8,10-11H,4-6H2,1-3H3,(H,15,18)(H,19,20)/t10-,11+/m0/s1. The van der Waals surface area contributed by atoms with E-state index in [-0.39, 0.29) is 5.91 Å². The van der Waals surface area contributed by atoms with Crippen molar-refractivity contribution in [3.8, 4) is 0 Å². The third-order valence-electron chi connectivity index (χ3n) is 4.08. The van der Waals surface area contributed by atoms with Gasteiger partial charge in [-0.1, -0.05) is 13.8 Å². The summed E-state index contributed by atoms with van der Waals surface area (Å²) in [6.45, 7) is 4.21. The summed E-state index contributed by atoms with van der Waals surface area (Å²) < 4.78 is 1.75. The highest BCUT2D eigenvalue weighted by Crippen LogP contribution is 2.58. The van der Waals surface area contributed by atoms with Gasteiger partial charge in [-0.05, 0) is 23.8 Å². The van der Waals surface area contributed by atoms with Crippen molar-refractivity contribution in [2.45, 2.75) is 26.7 Å². The van der Waals surface area contributed by atoms with Gasteiger partial charge in [0.1, 0.15) is 0 Å². The molecule has 2 rings (SSSR count). The number of carbonyl (C=O) groups excluding carboxylic acids is 1. The minimum Gasteiger partial charge on any atom is -0.481 e. The van der Waals surface area contributed by atoms with Gasteiger partial charge in [-0.3, -0.25) is 14.3 Å². The van der Waals surface area contributed by atoms with E-state index in [1.165, 1.54) is 0 Å². The average molecular weight is 279 g/mol. The van der Waals surface area contributed by atoms with Crippen molar-refractivity contribution < 1.29 is 14.7 Å². The molecule has 1 saturated carbocycles. The predicted molar refractivity (Wildman–Crippen MR) is 72.9 cm³/mol. The van der Waals surface area contributed by atoms with Crippen LogP contribution in [0.15, 0.2) is 12.4 Å². The van der Waals surface area contributed by atoms with Crippen molar-refractivity contribution in [1.29, 1.82) is 0 Å². The van der Waals surface area contributed by atoms with Gasteiger partial charge in [-0.25, -0.2) is 0 Å². The minimum absolute atomic E-state index is 0.145. The fourth-order valence-electron chi connectivity index (χ4n) is 2.80. The number of carbonyl (C=O) groups is 2. The van der Waals surface area contributed by atoms with Crippen LogP contribution in [-0.2, 0) is 23.1 Å². The smallest absolute Gasteiger partial charge is 0.307 e. The van der Waals surface area contributed by atoms with Crippen LogP contribution in [-0.4, -0.2) is 33.3 Å². The molecule has 0 radical (unpaired) electrons. The third-order valence-corrected chi connectivity index (χ3v) is 4.08. The number of hydrogen-bond acceptors (Lipinski definition) is 3. The van der Waals surface area contributed by atoms with E-state index in [2.05, 4.69) is 10.4 Å². The Balaban J connectivity index is 1.72. The normalized spacial score (nSPS) is 23.4. The van der Waals surface area contributed by atoms with Gasteiger partial charge in [0.05, 0.1) is 18.0 Å². The molecule has 0 bridgehead atoms. The zero-order valence-electron chi connectivity index (χ0n) is 12.1. The molecule has 1 aliphatic rings. The summed E-state index contributed by atoms with van der Waals surface area (Å²) in [6.07, 6.45) is 5.44. The maximum atomic E-state index is 12.0. The predicted octanol–water partition coefficient (Wildman–Crippen LogP) is 0.826. The van der Waals surface area contributed by atoms with Crippen molar-refractivity contribution in [3.63, 3.8) is 0 Å². The number of hydrogen-bond donors (Lipinski definition) is 2. The zero-order chi connectivity index (χ0) is 14.9. The van der Waals surface area contributed by atoms with Gasteiger partial charge in [-0.15, -0.1) is 0 Å². The summed E-state index contributed by atoms with van der Waals surface area (Å²) in [5, 5.41) is 16.0. The molecule has 0 aromatic carbocycles. The number of aromatic nitrogens is 2. The summed E-state index contributed by atoms with van der Waals surface area (Å²) in [5.74, 6) is -1.99. The first-order chi connectivity index (χ1) is 9.34. The molecule has 6 heteroatoms. The summed E-state index contributed by atoms with van der Waals surface area (Å²) in [4.78, 5) is 23.0. The van der Waals surface area contributed by atoms with Crippen LogP contribution in [0.25, 0.3) is 0 Å². The van der Waals surface area contributed by atoms with Crippen LogP contribution in [0.3, 0.4) is 0 Å². The topological polar surface area (TPSA) is 84.2 Å². The third kappa shape index (κ3) is 2.84. The Morgan fingerprint density at radius 1 is 1.45 bits per heavy atom. The Bertz CT molecular complexity index is 521. The van der Waals surface area contributed by atoms with Crippen LogP contribution in [0.4, 0.5) is 0 Å². The van der Waals surface area contributed by atoms with Gasteiger partial charge in [0.2, 0.25) is 5.91 Å². The van der Waals surface area contributed by atoms with E-state index in [0.29, 0.717) is 6.54 Å². The molecule has 0 aliphatic heterocycles. The lowest BCUT2D eigenvalue weighted by Crippen LogP contribution is -2.28. The Kier molecular flexibility index (Phi) is 3.83. The number of amides is 1. The van der Waals surface area contributed by atoms with Crippen LogP contribution < -0.4 is 5.32 Å². The molecule has 1 aromatic heterocycles. The van der Waals surface area contributed by atoms with Crippen LogP contribution in [0.1, 0.15) is 25.8 Å². The van der Waals surface area contributed by atoms with Crippen LogP contribution in [0.5, 0.6) is 0 Å². The Hall–Kier alpha value is -1.85. The highest BCUT2D eigenvalue weighted by atomic mass is 16.4. The van der Waals surface area contributed by atoms with Gasteiger partial charge >= 0.3 is 5.97 Å². The van der Waals surface area contributed by atoms with E-state index >= 15 is 0 Å². The van der Waals surface area contributed by atoms with Gasteiger partial charge in [0.15, 0.2) is 0 Å². The largest absolute Gasteiger partial charge is 0.481 e. The quantitative estimate of drug-likeness (QED) is 0.755. The van der Waals surface area contributed by atoms with E-state index in [0.717, 1.165) is 18.4 Å². The maximum absolute atomic E-state index is 12.0. The molecule has 1 heterocycles. The fraction of sp³-hybridized carbons (Fsp3) is 0.643. The molecule has 1 aromatic rings. The van der Waals surface area contributed by atoms with Crippen molar-refractivity contribution in [2.75, 3.05) is 6.54 Å². The molecule has 1 aliphatic carbocycles. The first-order valence-electron chi connectivity index (χ1n) is 6.82.